The number of methoxy groups -OCH3 is 1. The van der Waals surface area contributed by atoms with Crippen LogP contribution in [0, 0.1) is 11.3 Å². The zero-order valence-electron chi connectivity index (χ0n) is 15.0. The molecule has 0 amide bonds. The molecule has 0 saturated carbocycles. The smallest absolute Gasteiger partial charge is 0.166 e. The molecule has 2 aliphatic rings. The van der Waals surface area contributed by atoms with Gasteiger partial charge in [0.1, 0.15) is 0 Å². The fourth-order valence-corrected chi connectivity index (χ4v) is 4.80. The highest BCUT2D eigenvalue weighted by Gasteiger charge is 2.55. The second kappa shape index (κ2) is 6.54. The molecule has 0 fully saturated rings. The van der Waals surface area contributed by atoms with E-state index in [0.717, 1.165) is 10.0 Å². The third kappa shape index (κ3) is 2.57. The predicted octanol–water partition coefficient (Wildman–Crippen LogP) is 4.48. The minimum absolute atomic E-state index is 0.0252. The summed E-state index contributed by atoms with van der Waals surface area (Å²) in [5.41, 5.74) is 0.836. The van der Waals surface area contributed by atoms with Crippen LogP contribution in [0.3, 0.4) is 0 Å². The largest absolute Gasteiger partial charge is 0.504 e. The molecule has 1 aromatic carbocycles. The molecule has 0 saturated heterocycles. The summed E-state index contributed by atoms with van der Waals surface area (Å²) in [6.07, 6.45) is 5.56. The van der Waals surface area contributed by atoms with Crippen LogP contribution in [-0.4, -0.2) is 23.8 Å². The number of rotatable bonds is 3. The number of hydrogen-bond donors (Lipinski definition) is 1. The van der Waals surface area contributed by atoms with Gasteiger partial charge >= 0.3 is 0 Å². The maximum absolute atomic E-state index is 13.2. The first-order chi connectivity index (χ1) is 12.2. The molecule has 3 rings (SSSR count). The van der Waals surface area contributed by atoms with E-state index in [1.54, 1.807) is 25.1 Å². The van der Waals surface area contributed by atoms with E-state index in [4.69, 9.17) is 4.74 Å². The summed E-state index contributed by atoms with van der Waals surface area (Å²) >= 11 is 3.44. The lowest BCUT2D eigenvalue weighted by atomic mass is 9.53. The van der Waals surface area contributed by atoms with Crippen LogP contribution in [0.25, 0.3) is 0 Å². The Morgan fingerprint density at radius 1 is 1.38 bits per heavy atom. The average Bonchev–Trinajstić information content (AvgIpc) is 2.61. The number of aromatic hydroxyl groups is 1. The fraction of sp³-hybridized carbons (Fsp3) is 0.333. The van der Waals surface area contributed by atoms with E-state index in [-0.39, 0.29) is 17.3 Å². The quantitative estimate of drug-likeness (QED) is 0.788. The van der Waals surface area contributed by atoms with Crippen molar-refractivity contribution in [3.8, 4) is 11.5 Å². The summed E-state index contributed by atoms with van der Waals surface area (Å²) in [6.45, 7) is 7.38. The third-order valence-electron chi connectivity index (χ3n) is 5.63. The van der Waals surface area contributed by atoms with Gasteiger partial charge in [0.25, 0.3) is 0 Å². The summed E-state index contributed by atoms with van der Waals surface area (Å²) < 4.78 is 6.00. The number of halogens is 1. The molecule has 0 aromatic heterocycles. The summed E-state index contributed by atoms with van der Waals surface area (Å²) in [5.74, 6) is -0.788. The first kappa shape index (κ1) is 18.6. The lowest BCUT2D eigenvalue weighted by Crippen LogP contribution is -2.49. The van der Waals surface area contributed by atoms with E-state index in [2.05, 4.69) is 22.5 Å². The Hall–Kier alpha value is -2.14. The minimum atomic E-state index is -0.989. The van der Waals surface area contributed by atoms with Crippen LogP contribution in [0.15, 0.2) is 52.6 Å². The number of ether oxygens (including phenoxy) is 1. The Kier molecular flexibility index (Phi) is 4.69. The molecule has 0 bridgehead atoms. The van der Waals surface area contributed by atoms with Crippen molar-refractivity contribution in [1.82, 2.24) is 0 Å². The second-order valence-corrected chi connectivity index (χ2v) is 7.93. The number of phenols is 1. The number of carbonyl (C=O) groups is 2. The number of Topliss-reactive ketones (excluding diaryl/α,β-unsaturated/α-hetero) is 1. The SMILES string of the molecule is C=CC1=CCC2C(=O)C=C(C)C(=O)C2(C)C1c1cc(Br)cc(OC)c1O. The van der Waals surface area contributed by atoms with E-state index >= 15 is 0 Å². The van der Waals surface area contributed by atoms with Gasteiger partial charge in [0.05, 0.1) is 12.5 Å². The van der Waals surface area contributed by atoms with Crippen LogP contribution in [0.4, 0.5) is 0 Å². The zero-order chi connectivity index (χ0) is 19.2. The molecule has 0 heterocycles. The molecule has 4 nitrogen and oxygen atoms in total. The predicted molar refractivity (Wildman–Crippen MR) is 103 cm³/mol. The van der Waals surface area contributed by atoms with E-state index in [9.17, 15) is 14.7 Å². The van der Waals surface area contributed by atoms with Crippen LogP contribution in [-0.2, 0) is 9.59 Å². The van der Waals surface area contributed by atoms with Gasteiger partial charge in [-0.3, -0.25) is 9.59 Å². The maximum atomic E-state index is 13.2. The van der Waals surface area contributed by atoms with Crippen molar-refractivity contribution >= 4 is 27.5 Å². The molecule has 0 aliphatic heterocycles. The fourth-order valence-electron chi connectivity index (χ4n) is 4.34. The van der Waals surface area contributed by atoms with Crippen LogP contribution >= 0.6 is 15.9 Å². The van der Waals surface area contributed by atoms with E-state index in [1.807, 2.05) is 13.0 Å². The van der Waals surface area contributed by atoms with Crippen LogP contribution in [0.1, 0.15) is 31.7 Å². The van der Waals surface area contributed by atoms with Gasteiger partial charge in [0, 0.05) is 21.9 Å². The molecular formula is C21H21BrO4. The highest BCUT2D eigenvalue weighted by atomic mass is 79.9. The number of hydrogen-bond acceptors (Lipinski definition) is 4. The van der Waals surface area contributed by atoms with Crippen molar-refractivity contribution in [3.05, 3.63) is 58.1 Å². The van der Waals surface area contributed by atoms with Gasteiger partial charge in [-0.15, -0.1) is 0 Å². The molecule has 0 spiro atoms. The third-order valence-corrected chi connectivity index (χ3v) is 6.09. The molecular weight excluding hydrogens is 396 g/mol. The Balaban J connectivity index is 2.31. The topological polar surface area (TPSA) is 63.6 Å². The van der Waals surface area contributed by atoms with Gasteiger partial charge in [-0.2, -0.15) is 0 Å². The first-order valence-electron chi connectivity index (χ1n) is 8.41. The second-order valence-electron chi connectivity index (χ2n) is 7.02. The van der Waals surface area contributed by atoms with E-state index in [1.165, 1.54) is 13.2 Å². The number of carbonyl (C=O) groups excluding carboxylic acids is 2. The summed E-state index contributed by atoms with van der Waals surface area (Å²) in [4.78, 5) is 25.9. The van der Waals surface area contributed by atoms with Gasteiger partial charge in [0.15, 0.2) is 23.1 Å². The van der Waals surface area contributed by atoms with Crippen LogP contribution < -0.4 is 4.74 Å². The van der Waals surface area contributed by atoms with Crippen molar-refractivity contribution in [1.29, 1.82) is 0 Å². The number of allylic oxidation sites excluding steroid dienone is 5. The minimum Gasteiger partial charge on any atom is -0.504 e. The van der Waals surface area contributed by atoms with Crippen molar-refractivity contribution in [2.75, 3.05) is 7.11 Å². The highest BCUT2D eigenvalue weighted by molar-refractivity contribution is 9.10. The Morgan fingerprint density at radius 3 is 2.69 bits per heavy atom. The average molecular weight is 417 g/mol. The van der Waals surface area contributed by atoms with E-state index in [0.29, 0.717) is 23.3 Å². The molecule has 136 valence electrons. The van der Waals surface area contributed by atoms with Gasteiger partial charge in [-0.05, 0) is 42.7 Å². The highest BCUT2D eigenvalue weighted by Crippen LogP contribution is 2.57. The monoisotopic (exact) mass is 416 g/mol. The lowest BCUT2D eigenvalue weighted by molar-refractivity contribution is -0.137. The van der Waals surface area contributed by atoms with Gasteiger partial charge in [0.2, 0.25) is 0 Å². The van der Waals surface area contributed by atoms with Crippen molar-refractivity contribution in [2.45, 2.75) is 26.2 Å². The zero-order valence-corrected chi connectivity index (χ0v) is 16.6. The lowest BCUT2D eigenvalue weighted by Gasteiger charge is -2.47. The molecule has 26 heavy (non-hydrogen) atoms. The first-order valence-corrected chi connectivity index (χ1v) is 9.20. The molecule has 2 aliphatic carbocycles. The van der Waals surface area contributed by atoms with Crippen molar-refractivity contribution < 1.29 is 19.4 Å². The maximum Gasteiger partial charge on any atom is 0.166 e. The molecule has 0 radical (unpaired) electrons. The molecule has 1 N–H and O–H groups in total. The number of ketones is 2. The van der Waals surface area contributed by atoms with Gasteiger partial charge in [-0.25, -0.2) is 0 Å². The number of benzene rings is 1. The van der Waals surface area contributed by atoms with Crippen molar-refractivity contribution in [3.63, 3.8) is 0 Å². The standard InChI is InChI=1S/C21H21BrO4/c1-5-12-6-7-15-16(23)8-11(2)20(25)21(15,3)18(12)14-9-13(22)10-17(26-4)19(14)24/h5-6,8-10,15,18,24H,1,7H2,2-4H3. The summed E-state index contributed by atoms with van der Waals surface area (Å²) in [5, 5.41) is 10.8. The van der Waals surface area contributed by atoms with Crippen molar-refractivity contribution in [2.24, 2.45) is 11.3 Å². The number of fused-ring (bicyclic) bond motifs is 1. The normalized spacial score (nSPS) is 28.2. The molecule has 3 atom stereocenters. The van der Waals surface area contributed by atoms with E-state index < -0.39 is 17.3 Å². The number of phenolic OH excluding ortho intramolecular Hbond substituents is 1. The molecule has 3 unspecified atom stereocenters. The van der Waals surface area contributed by atoms with Crippen LogP contribution in [0.5, 0.6) is 11.5 Å². The van der Waals surface area contributed by atoms with Gasteiger partial charge < -0.3 is 9.84 Å². The van der Waals surface area contributed by atoms with Gasteiger partial charge in [-0.1, -0.05) is 41.6 Å². The molecule has 5 heteroatoms. The Morgan fingerprint density at radius 2 is 2.08 bits per heavy atom. The Bertz CT molecular complexity index is 880. The molecule has 1 aromatic rings. The summed E-state index contributed by atoms with van der Waals surface area (Å²) in [7, 11) is 1.48. The Labute approximate surface area is 161 Å². The summed E-state index contributed by atoms with van der Waals surface area (Å²) in [6, 6.07) is 3.44. The van der Waals surface area contributed by atoms with Crippen LogP contribution in [0.2, 0.25) is 0 Å².